The lowest BCUT2D eigenvalue weighted by atomic mass is 9.94. The summed E-state index contributed by atoms with van der Waals surface area (Å²) in [7, 11) is 0. The number of hydrogen-bond donors (Lipinski definition) is 2. The predicted molar refractivity (Wildman–Crippen MR) is 60.9 cm³/mol. The highest BCUT2D eigenvalue weighted by atomic mass is 16.2. The molecule has 4 heteroatoms. The van der Waals surface area contributed by atoms with Crippen LogP contribution in [0.5, 0.6) is 0 Å². The molecule has 1 aliphatic rings. The maximum atomic E-state index is 11.4. The molecule has 3 unspecified atom stereocenters. The van der Waals surface area contributed by atoms with Crippen LogP contribution in [0.2, 0.25) is 0 Å². The van der Waals surface area contributed by atoms with Gasteiger partial charge in [-0.25, -0.2) is 5.84 Å². The molecule has 88 valence electrons. The highest BCUT2D eigenvalue weighted by molar-refractivity contribution is 5.78. The molecule has 0 spiro atoms. The number of likely N-dealkylation sites (tertiary alicyclic amines) is 1. The summed E-state index contributed by atoms with van der Waals surface area (Å²) in [5, 5.41) is 0. The first-order valence-corrected chi connectivity index (χ1v) is 5.80. The molecular formula is C11H23N3O. The second-order valence-electron chi connectivity index (χ2n) is 4.78. The van der Waals surface area contributed by atoms with Gasteiger partial charge in [-0.1, -0.05) is 13.8 Å². The molecule has 3 atom stereocenters. The molecule has 0 aliphatic carbocycles. The third kappa shape index (κ3) is 3.18. The number of rotatable bonds is 3. The number of nitrogens with two attached hydrogens (primary N) is 1. The minimum Gasteiger partial charge on any atom is -0.300 e. The van der Waals surface area contributed by atoms with Gasteiger partial charge in [-0.3, -0.25) is 15.1 Å². The third-order valence-electron chi connectivity index (χ3n) is 3.54. The summed E-state index contributed by atoms with van der Waals surface area (Å²) in [5.74, 6) is 5.78. The summed E-state index contributed by atoms with van der Waals surface area (Å²) in [6, 6.07) is 0.274. The SMILES string of the molecule is CC1CCCN(C(C)C(C)C(=O)NN)C1. The van der Waals surface area contributed by atoms with E-state index in [0.29, 0.717) is 0 Å². The lowest BCUT2D eigenvalue weighted by Gasteiger charge is -2.37. The van der Waals surface area contributed by atoms with E-state index in [2.05, 4.69) is 24.2 Å². The largest absolute Gasteiger partial charge is 0.300 e. The number of amides is 1. The molecule has 1 heterocycles. The van der Waals surface area contributed by atoms with Crippen molar-refractivity contribution in [2.45, 2.75) is 39.7 Å². The molecule has 0 radical (unpaired) electrons. The topological polar surface area (TPSA) is 58.4 Å². The zero-order valence-corrected chi connectivity index (χ0v) is 9.99. The second-order valence-corrected chi connectivity index (χ2v) is 4.78. The Morgan fingerprint density at radius 1 is 1.53 bits per heavy atom. The van der Waals surface area contributed by atoms with Crippen molar-refractivity contribution in [1.29, 1.82) is 0 Å². The lowest BCUT2D eigenvalue weighted by Crippen LogP contribution is -2.48. The van der Waals surface area contributed by atoms with E-state index in [1.807, 2.05) is 6.92 Å². The molecular weight excluding hydrogens is 190 g/mol. The molecule has 0 aromatic carbocycles. The predicted octanol–water partition coefficient (Wildman–Crippen LogP) is 0.733. The van der Waals surface area contributed by atoms with E-state index < -0.39 is 0 Å². The van der Waals surface area contributed by atoms with E-state index in [4.69, 9.17) is 5.84 Å². The van der Waals surface area contributed by atoms with Crippen molar-refractivity contribution in [3.8, 4) is 0 Å². The summed E-state index contributed by atoms with van der Waals surface area (Å²) in [6.07, 6.45) is 2.54. The van der Waals surface area contributed by atoms with Gasteiger partial charge in [0, 0.05) is 12.6 Å². The van der Waals surface area contributed by atoms with Crippen LogP contribution in [0.4, 0.5) is 0 Å². The van der Waals surface area contributed by atoms with E-state index in [0.717, 1.165) is 19.0 Å². The van der Waals surface area contributed by atoms with Crippen molar-refractivity contribution in [2.24, 2.45) is 17.7 Å². The van der Waals surface area contributed by atoms with Crippen molar-refractivity contribution in [2.75, 3.05) is 13.1 Å². The quantitative estimate of drug-likeness (QED) is 0.413. The second kappa shape index (κ2) is 5.47. The van der Waals surface area contributed by atoms with Crippen LogP contribution in [0.25, 0.3) is 0 Å². The zero-order chi connectivity index (χ0) is 11.4. The van der Waals surface area contributed by atoms with Crippen LogP contribution in [0.15, 0.2) is 0 Å². The normalized spacial score (nSPS) is 27.1. The Hall–Kier alpha value is -0.610. The monoisotopic (exact) mass is 213 g/mol. The Bertz CT molecular complexity index is 220. The molecule has 4 nitrogen and oxygen atoms in total. The molecule has 1 fully saturated rings. The minimum atomic E-state index is -0.0688. The van der Waals surface area contributed by atoms with E-state index in [1.54, 1.807) is 0 Å². The highest BCUT2D eigenvalue weighted by Gasteiger charge is 2.27. The molecule has 1 saturated heterocycles. The number of nitrogens with one attached hydrogen (secondary N) is 1. The molecule has 0 aromatic heterocycles. The van der Waals surface area contributed by atoms with Crippen LogP contribution in [0, 0.1) is 11.8 Å². The summed E-state index contributed by atoms with van der Waals surface area (Å²) in [6.45, 7) is 8.52. The van der Waals surface area contributed by atoms with E-state index in [1.165, 1.54) is 12.8 Å². The number of carbonyl (C=O) groups excluding carboxylic acids is 1. The van der Waals surface area contributed by atoms with Gasteiger partial charge in [0.05, 0.1) is 5.92 Å². The Morgan fingerprint density at radius 3 is 2.73 bits per heavy atom. The first kappa shape index (κ1) is 12.5. The number of hydrazine groups is 1. The fourth-order valence-electron chi connectivity index (χ4n) is 2.26. The van der Waals surface area contributed by atoms with Gasteiger partial charge in [0.1, 0.15) is 0 Å². The number of hydrogen-bond acceptors (Lipinski definition) is 3. The van der Waals surface area contributed by atoms with Crippen molar-refractivity contribution in [1.82, 2.24) is 10.3 Å². The van der Waals surface area contributed by atoms with Gasteiger partial charge in [-0.2, -0.15) is 0 Å². The highest BCUT2D eigenvalue weighted by Crippen LogP contribution is 2.20. The minimum absolute atomic E-state index is 0.0414. The zero-order valence-electron chi connectivity index (χ0n) is 9.99. The van der Waals surface area contributed by atoms with E-state index in [-0.39, 0.29) is 17.9 Å². The van der Waals surface area contributed by atoms with Gasteiger partial charge >= 0.3 is 0 Å². The first-order chi connectivity index (χ1) is 7.06. The van der Waals surface area contributed by atoms with Crippen LogP contribution >= 0.6 is 0 Å². The average Bonchev–Trinajstić information content (AvgIpc) is 2.26. The Kier molecular flexibility index (Phi) is 4.54. The van der Waals surface area contributed by atoms with Crippen LogP contribution in [-0.4, -0.2) is 29.9 Å². The summed E-state index contributed by atoms with van der Waals surface area (Å²) in [5.41, 5.74) is 2.23. The fraction of sp³-hybridized carbons (Fsp3) is 0.909. The van der Waals surface area contributed by atoms with Gasteiger partial charge in [-0.05, 0) is 32.2 Å². The van der Waals surface area contributed by atoms with Gasteiger partial charge in [0.15, 0.2) is 0 Å². The summed E-state index contributed by atoms with van der Waals surface area (Å²) in [4.78, 5) is 13.8. The Labute approximate surface area is 92.2 Å². The van der Waals surface area contributed by atoms with Gasteiger partial charge < -0.3 is 0 Å². The van der Waals surface area contributed by atoms with Crippen LogP contribution in [0.3, 0.4) is 0 Å². The summed E-state index contributed by atoms with van der Waals surface area (Å²) >= 11 is 0. The van der Waals surface area contributed by atoms with Gasteiger partial charge in [0.2, 0.25) is 5.91 Å². The Balaban J connectivity index is 2.51. The standard InChI is InChI=1S/C11H23N3O/c1-8-5-4-6-14(7-8)10(3)9(2)11(15)13-12/h8-10H,4-7,12H2,1-3H3,(H,13,15). The molecule has 3 N–H and O–H groups in total. The molecule has 1 amide bonds. The summed E-state index contributed by atoms with van der Waals surface area (Å²) < 4.78 is 0. The molecule has 0 saturated carbocycles. The number of nitrogens with zero attached hydrogens (tertiary/aromatic N) is 1. The van der Waals surface area contributed by atoms with Crippen LogP contribution in [0.1, 0.15) is 33.6 Å². The average molecular weight is 213 g/mol. The van der Waals surface area contributed by atoms with Gasteiger partial charge in [-0.15, -0.1) is 0 Å². The molecule has 0 aromatic rings. The molecule has 1 rings (SSSR count). The van der Waals surface area contributed by atoms with Crippen molar-refractivity contribution in [3.05, 3.63) is 0 Å². The molecule has 1 aliphatic heterocycles. The van der Waals surface area contributed by atoms with Gasteiger partial charge in [0.25, 0.3) is 0 Å². The van der Waals surface area contributed by atoms with Crippen molar-refractivity contribution >= 4 is 5.91 Å². The fourth-order valence-corrected chi connectivity index (χ4v) is 2.26. The van der Waals surface area contributed by atoms with E-state index in [9.17, 15) is 4.79 Å². The number of piperidine rings is 1. The maximum Gasteiger partial charge on any atom is 0.238 e. The smallest absolute Gasteiger partial charge is 0.238 e. The van der Waals surface area contributed by atoms with Crippen molar-refractivity contribution in [3.63, 3.8) is 0 Å². The van der Waals surface area contributed by atoms with Crippen molar-refractivity contribution < 1.29 is 4.79 Å². The van der Waals surface area contributed by atoms with Crippen LogP contribution in [-0.2, 0) is 4.79 Å². The van der Waals surface area contributed by atoms with E-state index >= 15 is 0 Å². The molecule has 0 bridgehead atoms. The number of carbonyl (C=O) groups is 1. The maximum absolute atomic E-state index is 11.4. The third-order valence-corrected chi connectivity index (χ3v) is 3.54. The lowest BCUT2D eigenvalue weighted by molar-refractivity contribution is -0.126. The Morgan fingerprint density at radius 2 is 2.20 bits per heavy atom. The first-order valence-electron chi connectivity index (χ1n) is 5.80. The van der Waals surface area contributed by atoms with Crippen LogP contribution < -0.4 is 11.3 Å². The molecule has 15 heavy (non-hydrogen) atoms.